The molecule has 1 aromatic carbocycles. The Morgan fingerprint density at radius 1 is 1.35 bits per heavy atom. The summed E-state index contributed by atoms with van der Waals surface area (Å²) in [6.07, 6.45) is 1.67. The Kier molecular flexibility index (Phi) is 4.64. The van der Waals surface area contributed by atoms with Gasteiger partial charge in [-0.15, -0.1) is 0 Å². The third-order valence-electron chi connectivity index (χ3n) is 3.07. The van der Waals surface area contributed by atoms with Crippen LogP contribution in [0.1, 0.15) is 23.2 Å². The van der Waals surface area contributed by atoms with Crippen molar-refractivity contribution in [2.45, 2.75) is 17.7 Å². The lowest BCUT2D eigenvalue weighted by Gasteiger charge is -2.17. The molecule has 1 fully saturated rings. The van der Waals surface area contributed by atoms with Crippen LogP contribution in [0.3, 0.4) is 0 Å². The maximum absolute atomic E-state index is 12.5. The van der Waals surface area contributed by atoms with Gasteiger partial charge in [0, 0.05) is 18.7 Å². The molecular weight excluding hydrogens is 304 g/mol. The van der Waals surface area contributed by atoms with Gasteiger partial charge in [0.2, 0.25) is 10.0 Å². The minimum Gasteiger partial charge on any atom is -0.277 e. The van der Waals surface area contributed by atoms with Crippen molar-refractivity contribution < 1.29 is 18.0 Å². The van der Waals surface area contributed by atoms with Crippen molar-refractivity contribution in [1.29, 1.82) is 0 Å². The van der Waals surface area contributed by atoms with Crippen LogP contribution in [0.25, 0.3) is 0 Å². The first kappa shape index (κ1) is 15.2. The van der Waals surface area contributed by atoms with Crippen LogP contribution >= 0.6 is 11.6 Å². The van der Waals surface area contributed by atoms with E-state index >= 15 is 0 Å². The predicted octanol–water partition coefficient (Wildman–Crippen LogP) is 1.42. The first-order chi connectivity index (χ1) is 9.46. The predicted molar refractivity (Wildman–Crippen MR) is 73.9 cm³/mol. The highest BCUT2D eigenvalue weighted by molar-refractivity contribution is 7.89. The number of hydrogen-bond donors (Lipinski definition) is 1. The molecule has 0 atom stereocenters. The summed E-state index contributed by atoms with van der Waals surface area (Å²) in [5.41, 5.74) is 2.31. The van der Waals surface area contributed by atoms with Gasteiger partial charge in [-0.05, 0) is 31.0 Å². The monoisotopic (exact) mass is 318 g/mol. The minimum absolute atomic E-state index is 0.0511. The summed E-state index contributed by atoms with van der Waals surface area (Å²) in [6, 6.07) is 4.11. The highest BCUT2D eigenvalue weighted by Gasteiger charge is 2.29. The molecule has 0 unspecified atom stereocenters. The average Bonchev–Trinajstić information content (AvgIpc) is 2.93. The summed E-state index contributed by atoms with van der Waals surface area (Å²) in [5.74, 6) is -0.526. The zero-order valence-corrected chi connectivity index (χ0v) is 12.5. The van der Waals surface area contributed by atoms with Gasteiger partial charge in [-0.3, -0.25) is 9.63 Å². The fourth-order valence-electron chi connectivity index (χ4n) is 2.06. The van der Waals surface area contributed by atoms with Crippen LogP contribution in [-0.4, -0.2) is 38.8 Å². The first-order valence-corrected chi connectivity index (χ1v) is 7.91. The van der Waals surface area contributed by atoms with E-state index in [0.717, 1.165) is 12.8 Å². The number of carbonyl (C=O) groups is 1. The highest BCUT2D eigenvalue weighted by atomic mass is 35.5. The zero-order chi connectivity index (χ0) is 14.8. The molecule has 1 amide bonds. The lowest BCUT2D eigenvalue weighted by molar-refractivity contribution is 0.0537. The van der Waals surface area contributed by atoms with Crippen LogP contribution < -0.4 is 5.48 Å². The van der Waals surface area contributed by atoms with E-state index in [1.807, 2.05) is 0 Å². The van der Waals surface area contributed by atoms with E-state index < -0.39 is 15.9 Å². The molecule has 1 saturated heterocycles. The molecule has 0 aromatic heterocycles. The maximum Gasteiger partial charge on any atom is 0.274 e. The Balaban J connectivity index is 2.40. The summed E-state index contributed by atoms with van der Waals surface area (Å²) < 4.78 is 26.3. The maximum atomic E-state index is 12.5. The topological polar surface area (TPSA) is 75.7 Å². The molecule has 1 aromatic rings. The number of nitrogens with one attached hydrogen (secondary N) is 1. The van der Waals surface area contributed by atoms with Gasteiger partial charge in [0.05, 0.1) is 12.1 Å². The van der Waals surface area contributed by atoms with Gasteiger partial charge < -0.3 is 0 Å². The van der Waals surface area contributed by atoms with Gasteiger partial charge in [0.15, 0.2) is 0 Å². The number of hydroxylamine groups is 1. The standard InChI is InChI=1S/C12H15ClN2O4S/c1-19-14-12(16)9-4-5-10(13)11(8-9)20(17,18)15-6-2-3-7-15/h4-5,8H,2-3,6-7H2,1H3,(H,14,16). The van der Waals surface area contributed by atoms with E-state index in [9.17, 15) is 13.2 Å². The van der Waals surface area contributed by atoms with Crippen molar-refractivity contribution in [3.05, 3.63) is 28.8 Å². The summed E-state index contributed by atoms with van der Waals surface area (Å²) in [4.78, 5) is 16.1. The third kappa shape index (κ3) is 2.95. The molecule has 0 bridgehead atoms. The van der Waals surface area contributed by atoms with Crippen LogP contribution in [0, 0.1) is 0 Å². The van der Waals surface area contributed by atoms with E-state index in [1.54, 1.807) is 0 Å². The number of carbonyl (C=O) groups excluding carboxylic acids is 1. The average molecular weight is 319 g/mol. The highest BCUT2D eigenvalue weighted by Crippen LogP contribution is 2.28. The quantitative estimate of drug-likeness (QED) is 0.852. The molecule has 8 heteroatoms. The minimum atomic E-state index is -3.66. The largest absolute Gasteiger partial charge is 0.277 e. The summed E-state index contributed by atoms with van der Waals surface area (Å²) in [7, 11) is -2.36. The smallest absolute Gasteiger partial charge is 0.274 e. The Labute approximate surface area is 122 Å². The lowest BCUT2D eigenvalue weighted by atomic mass is 10.2. The second-order valence-electron chi connectivity index (χ2n) is 4.39. The van der Waals surface area contributed by atoms with Crippen LogP contribution in [0.4, 0.5) is 0 Å². The molecule has 1 heterocycles. The molecule has 1 N–H and O–H groups in total. The molecular formula is C12H15ClN2O4S. The van der Waals surface area contributed by atoms with Gasteiger partial charge in [0.1, 0.15) is 4.90 Å². The van der Waals surface area contributed by atoms with E-state index in [-0.39, 0.29) is 15.5 Å². The molecule has 0 radical (unpaired) electrons. The van der Waals surface area contributed by atoms with E-state index in [4.69, 9.17) is 11.6 Å². The van der Waals surface area contributed by atoms with E-state index in [1.165, 1.54) is 29.6 Å². The molecule has 1 aliphatic rings. The molecule has 1 aliphatic heterocycles. The molecule has 0 aliphatic carbocycles. The number of halogens is 1. The Morgan fingerprint density at radius 3 is 2.60 bits per heavy atom. The van der Waals surface area contributed by atoms with Crippen molar-refractivity contribution in [2.24, 2.45) is 0 Å². The number of nitrogens with zero attached hydrogens (tertiary/aromatic N) is 1. The molecule has 2 rings (SSSR count). The Hall–Kier alpha value is -1.15. The van der Waals surface area contributed by atoms with Gasteiger partial charge in [-0.25, -0.2) is 13.9 Å². The molecule has 110 valence electrons. The SMILES string of the molecule is CONC(=O)c1ccc(Cl)c(S(=O)(=O)N2CCCC2)c1. The number of sulfonamides is 1. The van der Waals surface area contributed by atoms with E-state index in [0.29, 0.717) is 13.1 Å². The van der Waals surface area contributed by atoms with Gasteiger partial charge >= 0.3 is 0 Å². The summed E-state index contributed by atoms with van der Waals surface area (Å²) >= 11 is 5.97. The van der Waals surface area contributed by atoms with Gasteiger partial charge in [-0.2, -0.15) is 4.31 Å². The second-order valence-corrected chi connectivity index (χ2v) is 6.71. The van der Waals surface area contributed by atoms with Crippen molar-refractivity contribution in [3.8, 4) is 0 Å². The number of rotatable bonds is 4. The first-order valence-electron chi connectivity index (χ1n) is 6.10. The fourth-order valence-corrected chi connectivity index (χ4v) is 4.08. The zero-order valence-electron chi connectivity index (χ0n) is 10.9. The molecule has 20 heavy (non-hydrogen) atoms. The van der Waals surface area contributed by atoms with Crippen LogP contribution in [0.2, 0.25) is 5.02 Å². The summed E-state index contributed by atoms with van der Waals surface area (Å²) in [5, 5.41) is 0.103. The van der Waals surface area contributed by atoms with Crippen LogP contribution in [-0.2, 0) is 14.9 Å². The van der Waals surface area contributed by atoms with Gasteiger partial charge in [0.25, 0.3) is 5.91 Å². The van der Waals surface area contributed by atoms with Crippen molar-refractivity contribution in [2.75, 3.05) is 20.2 Å². The molecule has 6 nitrogen and oxygen atoms in total. The number of hydrogen-bond acceptors (Lipinski definition) is 4. The van der Waals surface area contributed by atoms with Crippen LogP contribution in [0.5, 0.6) is 0 Å². The van der Waals surface area contributed by atoms with Crippen molar-refractivity contribution in [1.82, 2.24) is 9.79 Å². The number of benzene rings is 1. The van der Waals surface area contributed by atoms with E-state index in [2.05, 4.69) is 10.3 Å². The van der Waals surface area contributed by atoms with Crippen molar-refractivity contribution in [3.63, 3.8) is 0 Å². The number of amides is 1. The molecule has 0 spiro atoms. The normalized spacial score (nSPS) is 16.3. The van der Waals surface area contributed by atoms with Crippen LogP contribution in [0.15, 0.2) is 23.1 Å². The third-order valence-corrected chi connectivity index (χ3v) is 5.45. The van der Waals surface area contributed by atoms with Gasteiger partial charge in [-0.1, -0.05) is 11.6 Å². The second kappa shape index (κ2) is 6.09. The Morgan fingerprint density at radius 2 is 2.00 bits per heavy atom. The lowest BCUT2D eigenvalue weighted by Crippen LogP contribution is -2.28. The molecule has 0 saturated carbocycles. The van der Waals surface area contributed by atoms with Crippen molar-refractivity contribution >= 4 is 27.5 Å². The Bertz CT molecular complexity index is 612. The fraction of sp³-hybridized carbons (Fsp3) is 0.417. The summed E-state index contributed by atoms with van der Waals surface area (Å²) in [6.45, 7) is 0.959.